The third-order valence-electron chi connectivity index (χ3n) is 3.41. The molecule has 0 aromatic heterocycles. The van der Waals surface area contributed by atoms with E-state index in [1.165, 1.54) is 19.3 Å². The van der Waals surface area contributed by atoms with Crippen LogP contribution in [0.2, 0.25) is 0 Å². The van der Waals surface area contributed by atoms with Crippen molar-refractivity contribution in [1.29, 1.82) is 0 Å². The fourth-order valence-electron chi connectivity index (χ4n) is 1.78. The van der Waals surface area contributed by atoms with Crippen molar-refractivity contribution in [3.05, 3.63) is 0 Å². The van der Waals surface area contributed by atoms with Gasteiger partial charge in [-0.15, -0.1) is 0 Å². The lowest BCUT2D eigenvalue weighted by Gasteiger charge is -2.29. The van der Waals surface area contributed by atoms with E-state index in [0.717, 1.165) is 19.5 Å². The summed E-state index contributed by atoms with van der Waals surface area (Å²) in [5.41, 5.74) is -0.574. The van der Waals surface area contributed by atoms with Crippen LogP contribution in [-0.4, -0.2) is 50.2 Å². The Labute approximate surface area is 112 Å². The molecule has 0 rings (SSSR count). The van der Waals surface area contributed by atoms with Crippen molar-refractivity contribution >= 4 is 5.97 Å². The Hall–Kier alpha value is -0.610. The van der Waals surface area contributed by atoms with Gasteiger partial charge in [0.2, 0.25) is 0 Å². The molecule has 0 bridgehead atoms. The summed E-state index contributed by atoms with van der Waals surface area (Å²) < 4.78 is 5.11. The van der Waals surface area contributed by atoms with E-state index in [4.69, 9.17) is 4.74 Å². The van der Waals surface area contributed by atoms with Gasteiger partial charge in [0, 0.05) is 6.54 Å². The van der Waals surface area contributed by atoms with Gasteiger partial charge in [-0.2, -0.15) is 0 Å². The van der Waals surface area contributed by atoms with Crippen LogP contribution in [0.25, 0.3) is 0 Å². The molecule has 0 aliphatic rings. The minimum absolute atomic E-state index is 0.158. The first-order chi connectivity index (χ1) is 8.50. The first-order valence-electron chi connectivity index (χ1n) is 7.04. The molecule has 0 fully saturated rings. The number of carbonyl (C=O) groups is 1. The molecule has 0 aliphatic carbocycles. The van der Waals surface area contributed by atoms with Gasteiger partial charge in [0.05, 0.1) is 6.61 Å². The van der Waals surface area contributed by atoms with Gasteiger partial charge in [0.25, 0.3) is 0 Å². The molecule has 108 valence electrons. The van der Waals surface area contributed by atoms with Crippen LogP contribution < -0.4 is 5.32 Å². The van der Waals surface area contributed by atoms with Gasteiger partial charge in [0.1, 0.15) is 5.54 Å². The highest BCUT2D eigenvalue weighted by Gasteiger charge is 2.32. The molecular formula is C14H30N2O2. The monoisotopic (exact) mass is 258 g/mol. The summed E-state index contributed by atoms with van der Waals surface area (Å²) in [5, 5.41) is 3.08. The summed E-state index contributed by atoms with van der Waals surface area (Å²) in [6.07, 6.45) is 4.50. The highest BCUT2D eigenvalue weighted by molar-refractivity contribution is 5.80. The van der Waals surface area contributed by atoms with Crippen LogP contribution in [0.4, 0.5) is 0 Å². The summed E-state index contributed by atoms with van der Waals surface area (Å²) in [5.74, 6) is -0.158. The lowest BCUT2D eigenvalue weighted by Crippen LogP contribution is -2.50. The molecule has 18 heavy (non-hydrogen) atoms. The summed E-state index contributed by atoms with van der Waals surface area (Å²) in [7, 11) is 3.92. The second-order valence-corrected chi connectivity index (χ2v) is 5.06. The maximum absolute atomic E-state index is 11.9. The van der Waals surface area contributed by atoms with Crippen LogP contribution in [-0.2, 0) is 9.53 Å². The fourth-order valence-corrected chi connectivity index (χ4v) is 1.78. The minimum Gasteiger partial charge on any atom is -0.465 e. The number of likely N-dealkylation sites (N-methyl/N-ethyl adjacent to an activating group) is 1. The number of hydrogen-bond donors (Lipinski definition) is 1. The lowest BCUT2D eigenvalue weighted by atomic mass is 9.98. The molecule has 1 N–H and O–H groups in total. The first kappa shape index (κ1) is 17.4. The number of rotatable bonds is 10. The predicted octanol–water partition coefficient (Wildman–Crippen LogP) is 2.04. The highest BCUT2D eigenvalue weighted by atomic mass is 16.5. The lowest BCUT2D eigenvalue weighted by molar-refractivity contribution is -0.150. The van der Waals surface area contributed by atoms with E-state index in [9.17, 15) is 4.79 Å². The SMILES string of the molecule is CCCCCN(C)CCC(C)(NC)C(=O)OCC. The molecule has 4 heteroatoms. The van der Waals surface area contributed by atoms with E-state index in [0.29, 0.717) is 6.61 Å². The Balaban J connectivity index is 4.08. The van der Waals surface area contributed by atoms with Crippen molar-refractivity contribution < 1.29 is 9.53 Å². The summed E-state index contributed by atoms with van der Waals surface area (Å²) in [6.45, 7) is 8.38. The zero-order valence-corrected chi connectivity index (χ0v) is 12.7. The van der Waals surface area contributed by atoms with Crippen molar-refractivity contribution in [3.63, 3.8) is 0 Å². The van der Waals surface area contributed by atoms with E-state index in [2.05, 4.69) is 24.2 Å². The second kappa shape index (κ2) is 9.34. The molecule has 0 aromatic rings. The number of nitrogens with one attached hydrogen (secondary N) is 1. The van der Waals surface area contributed by atoms with Gasteiger partial charge in [-0.1, -0.05) is 19.8 Å². The first-order valence-corrected chi connectivity index (χ1v) is 7.04. The largest absolute Gasteiger partial charge is 0.465 e. The highest BCUT2D eigenvalue weighted by Crippen LogP contribution is 2.12. The van der Waals surface area contributed by atoms with Crippen molar-refractivity contribution in [2.45, 2.75) is 52.0 Å². The van der Waals surface area contributed by atoms with E-state index in [-0.39, 0.29) is 5.97 Å². The maximum atomic E-state index is 11.9. The average molecular weight is 258 g/mol. The van der Waals surface area contributed by atoms with Crippen molar-refractivity contribution in [2.24, 2.45) is 0 Å². The van der Waals surface area contributed by atoms with Crippen molar-refractivity contribution in [2.75, 3.05) is 33.8 Å². The summed E-state index contributed by atoms with van der Waals surface area (Å²) in [6, 6.07) is 0. The van der Waals surface area contributed by atoms with E-state index in [1.54, 1.807) is 0 Å². The number of ether oxygens (including phenoxy) is 1. The van der Waals surface area contributed by atoms with Crippen molar-refractivity contribution in [1.82, 2.24) is 10.2 Å². The molecule has 0 saturated carbocycles. The van der Waals surface area contributed by atoms with Gasteiger partial charge in [-0.05, 0) is 47.3 Å². The zero-order chi connectivity index (χ0) is 14.0. The number of esters is 1. The molecule has 1 atom stereocenters. The standard InChI is InChI=1S/C14H30N2O2/c1-6-8-9-11-16(5)12-10-14(3,15-4)13(17)18-7-2/h15H,6-12H2,1-5H3. The fraction of sp³-hybridized carbons (Fsp3) is 0.929. The Morgan fingerprint density at radius 3 is 2.44 bits per heavy atom. The molecule has 0 radical (unpaired) electrons. The van der Waals surface area contributed by atoms with E-state index in [1.807, 2.05) is 20.9 Å². The van der Waals surface area contributed by atoms with Gasteiger partial charge >= 0.3 is 5.97 Å². The molecular weight excluding hydrogens is 228 g/mol. The molecule has 1 unspecified atom stereocenters. The number of nitrogens with zero attached hydrogens (tertiary/aromatic N) is 1. The second-order valence-electron chi connectivity index (χ2n) is 5.06. The molecule has 4 nitrogen and oxygen atoms in total. The van der Waals surface area contributed by atoms with Crippen LogP contribution in [0, 0.1) is 0 Å². The van der Waals surface area contributed by atoms with Gasteiger partial charge in [-0.3, -0.25) is 4.79 Å². The van der Waals surface area contributed by atoms with Gasteiger partial charge in [0.15, 0.2) is 0 Å². The van der Waals surface area contributed by atoms with Crippen molar-refractivity contribution in [3.8, 4) is 0 Å². The topological polar surface area (TPSA) is 41.6 Å². The molecule has 0 aromatic carbocycles. The number of hydrogen-bond acceptors (Lipinski definition) is 4. The maximum Gasteiger partial charge on any atom is 0.326 e. The quantitative estimate of drug-likeness (QED) is 0.481. The Morgan fingerprint density at radius 1 is 1.28 bits per heavy atom. The normalized spacial score (nSPS) is 14.6. The smallest absolute Gasteiger partial charge is 0.326 e. The van der Waals surface area contributed by atoms with Crippen LogP contribution in [0.15, 0.2) is 0 Å². The molecule has 0 heterocycles. The van der Waals surface area contributed by atoms with Crippen LogP contribution in [0.1, 0.15) is 46.5 Å². The Kier molecular flexibility index (Phi) is 9.02. The van der Waals surface area contributed by atoms with Gasteiger partial charge < -0.3 is 15.0 Å². The van der Waals surface area contributed by atoms with E-state index >= 15 is 0 Å². The average Bonchev–Trinajstić information content (AvgIpc) is 2.36. The number of carbonyl (C=O) groups excluding carboxylic acids is 1. The van der Waals surface area contributed by atoms with Crippen LogP contribution in [0.3, 0.4) is 0 Å². The van der Waals surface area contributed by atoms with Gasteiger partial charge in [-0.25, -0.2) is 0 Å². The summed E-state index contributed by atoms with van der Waals surface area (Å²) in [4.78, 5) is 14.1. The van der Waals surface area contributed by atoms with Crippen LogP contribution >= 0.6 is 0 Å². The molecule has 0 spiro atoms. The number of unbranched alkanes of at least 4 members (excludes halogenated alkanes) is 2. The van der Waals surface area contributed by atoms with Crippen LogP contribution in [0.5, 0.6) is 0 Å². The third kappa shape index (κ3) is 6.36. The van der Waals surface area contributed by atoms with E-state index < -0.39 is 5.54 Å². The molecule has 0 saturated heterocycles. The minimum atomic E-state index is -0.574. The summed E-state index contributed by atoms with van der Waals surface area (Å²) >= 11 is 0. The molecule has 0 amide bonds. The Morgan fingerprint density at radius 2 is 1.94 bits per heavy atom. The Bertz CT molecular complexity index is 234. The predicted molar refractivity (Wildman–Crippen MR) is 75.7 cm³/mol. The zero-order valence-electron chi connectivity index (χ0n) is 12.7. The molecule has 0 aliphatic heterocycles. The third-order valence-corrected chi connectivity index (χ3v) is 3.41.